The van der Waals surface area contributed by atoms with Gasteiger partial charge in [0.1, 0.15) is 0 Å². The first-order chi connectivity index (χ1) is 11.5. The summed E-state index contributed by atoms with van der Waals surface area (Å²) in [6.07, 6.45) is 3.74. The molecule has 1 unspecified atom stereocenters. The first-order valence-corrected chi connectivity index (χ1v) is 8.23. The molecule has 1 aromatic heterocycles. The van der Waals surface area contributed by atoms with E-state index in [9.17, 15) is 9.59 Å². The zero-order chi connectivity index (χ0) is 17.5. The van der Waals surface area contributed by atoms with Crippen LogP contribution < -0.4 is 10.1 Å². The number of aromatic nitrogens is 1. The van der Waals surface area contributed by atoms with Gasteiger partial charge in [0, 0.05) is 44.4 Å². The first-order valence-electron chi connectivity index (χ1n) is 8.23. The van der Waals surface area contributed by atoms with E-state index in [1.165, 1.54) is 13.3 Å². The number of ether oxygens (including phenoxy) is 1. The Labute approximate surface area is 143 Å². The van der Waals surface area contributed by atoms with Crippen molar-refractivity contribution in [2.75, 3.05) is 40.8 Å². The molecule has 1 saturated heterocycles. The maximum Gasteiger partial charge on any atom is 0.252 e. The SMILES string of the molecule is COc1ccc(C(=O)NCCC2CCC(=O)N2CCN(C)C)cn1. The first kappa shape index (κ1) is 18.2. The molecule has 0 aromatic carbocycles. The number of hydrogen-bond acceptors (Lipinski definition) is 5. The largest absolute Gasteiger partial charge is 0.481 e. The van der Waals surface area contributed by atoms with Crippen LogP contribution in [0.3, 0.4) is 0 Å². The van der Waals surface area contributed by atoms with Crippen molar-refractivity contribution < 1.29 is 14.3 Å². The third-order valence-electron chi connectivity index (χ3n) is 4.21. The molecule has 0 bridgehead atoms. The average molecular weight is 334 g/mol. The van der Waals surface area contributed by atoms with Crippen LogP contribution in [0.1, 0.15) is 29.6 Å². The monoisotopic (exact) mass is 334 g/mol. The molecule has 132 valence electrons. The number of pyridine rings is 1. The summed E-state index contributed by atoms with van der Waals surface area (Å²) in [5, 5.41) is 2.90. The number of likely N-dealkylation sites (N-methyl/N-ethyl adjacent to an activating group) is 1. The number of carbonyl (C=O) groups is 2. The minimum absolute atomic E-state index is 0.158. The molecule has 1 aromatic rings. The van der Waals surface area contributed by atoms with Gasteiger partial charge >= 0.3 is 0 Å². The van der Waals surface area contributed by atoms with E-state index in [0.717, 1.165) is 25.9 Å². The van der Waals surface area contributed by atoms with Crippen molar-refractivity contribution >= 4 is 11.8 Å². The number of likely N-dealkylation sites (tertiary alicyclic amines) is 1. The smallest absolute Gasteiger partial charge is 0.252 e. The van der Waals surface area contributed by atoms with E-state index in [2.05, 4.69) is 15.2 Å². The normalized spacial score (nSPS) is 17.4. The van der Waals surface area contributed by atoms with Gasteiger partial charge in [-0.1, -0.05) is 0 Å². The summed E-state index contributed by atoms with van der Waals surface area (Å²) in [7, 11) is 5.53. The molecule has 0 aliphatic carbocycles. The molecule has 24 heavy (non-hydrogen) atoms. The van der Waals surface area contributed by atoms with Crippen LogP contribution in [0.15, 0.2) is 18.3 Å². The van der Waals surface area contributed by atoms with Crippen LogP contribution >= 0.6 is 0 Å². The van der Waals surface area contributed by atoms with Gasteiger partial charge in [-0.05, 0) is 33.0 Å². The van der Waals surface area contributed by atoms with Crippen LogP contribution in [0.25, 0.3) is 0 Å². The molecule has 2 heterocycles. The molecule has 1 fully saturated rings. The van der Waals surface area contributed by atoms with E-state index in [0.29, 0.717) is 24.4 Å². The second-order valence-electron chi connectivity index (χ2n) is 6.22. The lowest BCUT2D eigenvalue weighted by atomic mass is 10.1. The lowest BCUT2D eigenvalue weighted by Gasteiger charge is -2.26. The van der Waals surface area contributed by atoms with Gasteiger partial charge in [-0.25, -0.2) is 4.98 Å². The quantitative estimate of drug-likeness (QED) is 0.760. The number of amides is 2. The van der Waals surface area contributed by atoms with E-state index in [4.69, 9.17) is 4.74 Å². The van der Waals surface area contributed by atoms with Crippen LogP contribution in [0, 0.1) is 0 Å². The molecule has 1 N–H and O–H groups in total. The fraction of sp³-hybridized carbons (Fsp3) is 0.588. The summed E-state index contributed by atoms with van der Waals surface area (Å²) in [6.45, 7) is 2.14. The van der Waals surface area contributed by atoms with Crippen molar-refractivity contribution in [2.45, 2.75) is 25.3 Å². The van der Waals surface area contributed by atoms with E-state index in [1.807, 2.05) is 19.0 Å². The van der Waals surface area contributed by atoms with E-state index >= 15 is 0 Å². The second kappa shape index (κ2) is 8.63. The minimum Gasteiger partial charge on any atom is -0.481 e. The minimum atomic E-state index is -0.158. The summed E-state index contributed by atoms with van der Waals surface area (Å²) in [6, 6.07) is 3.56. The fourth-order valence-corrected chi connectivity index (χ4v) is 2.80. The summed E-state index contributed by atoms with van der Waals surface area (Å²) >= 11 is 0. The van der Waals surface area contributed by atoms with Gasteiger partial charge in [0.2, 0.25) is 11.8 Å². The van der Waals surface area contributed by atoms with Crippen LogP contribution in [-0.2, 0) is 4.79 Å². The summed E-state index contributed by atoms with van der Waals surface area (Å²) in [5.41, 5.74) is 0.503. The van der Waals surface area contributed by atoms with Crippen molar-refractivity contribution in [1.82, 2.24) is 20.1 Å². The second-order valence-corrected chi connectivity index (χ2v) is 6.22. The van der Waals surface area contributed by atoms with Crippen molar-refractivity contribution in [2.24, 2.45) is 0 Å². The van der Waals surface area contributed by atoms with Gasteiger partial charge in [0.25, 0.3) is 5.91 Å². The average Bonchev–Trinajstić information content (AvgIpc) is 2.93. The summed E-state index contributed by atoms with van der Waals surface area (Å²) in [5.74, 6) is 0.536. The number of carbonyl (C=O) groups excluding carboxylic acids is 2. The van der Waals surface area contributed by atoms with Crippen molar-refractivity contribution in [3.63, 3.8) is 0 Å². The highest BCUT2D eigenvalue weighted by molar-refractivity contribution is 5.93. The molecule has 7 nitrogen and oxygen atoms in total. The van der Waals surface area contributed by atoms with Crippen LogP contribution in [0.5, 0.6) is 5.88 Å². The Morgan fingerprint density at radius 2 is 2.25 bits per heavy atom. The highest BCUT2D eigenvalue weighted by atomic mass is 16.5. The van der Waals surface area contributed by atoms with Crippen LogP contribution in [-0.4, -0.2) is 73.5 Å². The standard InChI is InChI=1S/C17H26N4O3/c1-20(2)10-11-21-14(5-7-16(21)22)8-9-18-17(23)13-4-6-15(24-3)19-12-13/h4,6,12,14H,5,7-11H2,1-3H3,(H,18,23). The zero-order valence-corrected chi connectivity index (χ0v) is 14.6. The van der Waals surface area contributed by atoms with Gasteiger partial charge in [0.05, 0.1) is 12.7 Å². The van der Waals surface area contributed by atoms with Crippen molar-refractivity contribution in [1.29, 1.82) is 0 Å². The molecule has 0 spiro atoms. The predicted molar refractivity (Wildman–Crippen MR) is 91.0 cm³/mol. The Morgan fingerprint density at radius 3 is 2.88 bits per heavy atom. The topological polar surface area (TPSA) is 74.8 Å². The number of methoxy groups -OCH3 is 1. The van der Waals surface area contributed by atoms with Crippen molar-refractivity contribution in [3.05, 3.63) is 23.9 Å². The molecule has 7 heteroatoms. The maximum absolute atomic E-state index is 12.1. The highest BCUT2D eigenvalue weighted by Crippen LogP contribution is 2.20. The molecule has 1 atom stereocenters. The van der Waals surface area contributed by atoms with Gasteiger partial charge < -0.3 is 19.9 Å². The van der Waals surface area contributed by atoms with Gasteiger partial charge in [-0.3, -0.25) is 9.59 Å². The number of nitrogens with zero attached hydrogens (tertiary/aromatic N) is 3. The molecular weight excluding hydrogens is 308 g/mol. The lowest BCUT2D eigenvalue weighted by molar-refractivity contribution is -0.129. The molecule has 1 aliphatic rings. The van der Waals surface area contributed by atoms with Gasteiger partial charge in [0.15, 0.2) is 0 Å². The maximum atomic E-state index is 12.1. The molecular formula is C17H26N4O3. The zero-order valence-electron chi connectivity index (χ0n) is 14.6. The number of hydrogen-bond donors (Lipinski definition) is 1. The van der Waals surface area contributed by atoms with Crippen molar-refractivity contribution in [3.8, 4) is 5.88 Å². The summed E-state index contributed by atoms with van der Waals surface area (Å²) in [4.78, 5) is 32.1. The summed E-state index contributed by atoms with van der Waals surface area (Å²) < 4.78 is 4.98. The third kappa shape index (κ3) is 4.92. The molecule has 0 radical (unpaired) electrons. The Bertz CT molecular complexity index is 559. The van der Waals surface area contributed by atoms with Crippen LogP contribution in [0.2, 0.25) is 0 Å². The van der Waals surface area contributed by atoms with Gasteiger partial charge in [-0.2, -0.15) is 0 Å². The third-order valence-corrected chi connectivity index (χ3v) is 4.21. The lowest BCUT2D eigenvalue weighted by Crippen LogP contribution is -2.40. The molecule has 0 saturated carbocycles. The molecule has 2 rings (SSSR count). The highest BCUT2D eigenvalue weighted by Gasteiger charge is 2.30. The Hall–Kier alpha value is -2.15. The van der Waals surface area contributed by atoms with E-state index in [1.54, 1.807) is 12.1 Å². The molecule has 2 amide bonds. The Morgan fingerprint density at radius 1 is 1.46 bits per heavy atom. The fourth-order valence-electron chi connectivity index (χ4n) is 2.80. The Kier molecular flexibility index (Phi) is 6.54. The number of nitrogens with one attached hydrogen (secondary N) is 1. The van der Waals surface area contributed by atoms with E-state index in [-0.39, 0.29) is 17.9 Å². The number of rotatable bonds is 8. The van der Waals surface area contributed by atoms with Gasteiger partial charge in [-0.15, -0.1) is 0 Å². The molecule has 1 aliphatic heterocycles. The van der Waals surface area contributed by atoms with E-state index < -0.39 is 0 Å². The predicted octanol–water partition coefficient (Wildman–Crippen LogP) is 0.763. The van der Waals surface area contributed by atoms with Crippen LogP contribution in [0.4, 0.5) is 0 Å². The Balaban J connectivity index is 1.79.